The van der Waals surface area contributed by atoms with E-state index >= 15 is 0 Å². The molecular weight excluding hydrogens is 324 g/mol. The molecule has 0 fully saturated rings. The number of carbonyl (C=O) groups is 1. The number of benzene rings is 1. The molecule has 0 heterocycles. The molecule has 144 valence electrons. The molecule has 1 aromatic rings. The van der Waals surface area contributed by atoms with Crippen molar-refractivity contribution in [2.24, 2.45) is 0 Å². The first-order chi connectivity index (χ1) is 12.8. The van der Waals surface area contributed by atoms with Gasteiger partial charge in [0.2, 0.25) is 5.91 Å². The zero-order valence-corrected chi connectivity index (χ0v) is 16.2. The molecular formula is C22H34N2O2. The average Bonchev–Trinajstić information content (AvgIpc) is 2.67. The van der Waals surface area contributed by atoms with Gasteiger partial charge in [-0.1, -0.05) is 37.8 Å². The van der Waals surface area contributed by atoms with Crippen LogP contribution in [0.3, 0.4) is 0 Å². The number of carbonyl (C=O) groups excluding carboxylic acids is 1. The molecule has 26 heavy (non-hydrogen) atoms. The average molecular weight is 359 g/mol. The third-order valence-corrected chi connectivity index (χ3v) is 4.70. The summed E-state index contributed by atoms with van der Waals surface area (Å²) in [4.78, 5) is 12.0. The largest absolute Gasteiger partial charge is 0.494 e. The molecule has 0 unspecified atom stereocenters. The molecule has 0 atom stereocenters. The van der Waals surface area contributed by atoms with Crippen molar-refractivity contribution in [3.8, 4) is 5.75 Å². The van der Waals surface area contributed by atoms with Gasteiger partial charge in [-0.3, -0.25) is 4.79 Å². The normalized spacial score (nSPS) is 14.0. The molecule has 4 nitrogen and oxygen atoms in total. The highest BCUT2D eigenvalue weighted by Gasteiger charge is 2.05. The van der Waals surface area contributed by atoms with E-state index in [-0.39, 0.29) is 5.91 Å². The Balaban J connectivity index is 1.58. The first-order valence-corrected chi connectivity index (χ1v) is 10.2. The minimum absolute atomic E-state index is 0.00384. The lowest BCUT2D eigenvalue weighted by molar-refractivity contribution is -0.115. The van der Waals surface area contributed by atoms with Gasteiger partial charge in [0.15, 0.2) is 0 Å². The minimum Gasteiger partial charge on any atom is -0.494 e. The fourth-order valence-electron chi connectivity index (χ4n) is 3.14. The summed E-state index contributed by atoms with van der Waals surface area (Å²) in [5.74, 6) is 0.856. The number of anilines is 1. The van der Waals surface area contributed by atoms with Crippen molar-refractivity contribution in [1.82, 2.24) is 5.32 Å². The third-order valence-electron chi connectivity index (χ3n) is 4.70. The van der Waals surface area contributed by atoms with Crippen LogP contribution in [0.1, 0.15) is 64.7 Å². The molecule has 0 aromatic heterocycles. The molecule has 0 aliphatic heterocycles. The van der Waals surface area contributed by atoms with Gasteiger partial charge < -0.3 is 15.4 Å². The lowest BCUT2D eigenvalue weighted by Crippen LogP contribution is -2.29. The highest BCUT2D eigenvalue weighted by Crippen LogP contribution is 2.19. The lowest BCUT2D eigenvalue weighted by Gasteiger charge is -2.13. The predicted molar refractivity (Wildman–Crippen MR) is 109 cm³/mol. The van der Waals surface area contributed by atoms with Crippen molar-refractivity contribution in [2.45, 2.75) is 64.7 Å². The fraction of sp³-hybridized carbons (Fsp3) is 0.591. The molecule has 1 aliphatic rings. The summed E-state index contributed by atoms with van der Waals surface area (Å²) < 4.78 is 5.72. The Morgan fingerprint density at radius 3 is 2.69 bits per heavy atom. The standard InChI is InChI=1S/C22H34N2O2/c1-2-3-4-8-17-26-21-13-11-20(12-14-21)24-22(25)18-23-16-15-19-9-6-5-7-10-19/h9,11-14,23H,2-8,10,15-18H2,1H3,(H,24,25). The Kier molecular flexibility index (Phi) is 9.88. The van der Waals surface area contributed by atoms with Crippen LogP contribution in [0.5, 0.6) is 5.75 Å². The van der Waals surface area contributed by atoms with Crippen molar-refractivity contribution in [2.75, 3.05) is 25.0 Å². The van der Waals surface area contributed by atoms with Crippen molar-refractivity contribution in [3.05, 3.63) is 35.9 Å². The van der Waals surface area contributed by atoms with Gasteiger partial charge in [0.05, 0.1) is 13.2 Å². The molecule has 0 saturated heterocycles. The topological polar surface area (TPSA) is 50.4 Å². The van der Waals surface area contributed by atoms with E-state index < -0.39 is 0 Å². The Labute approximate surface area is 158 Å². The van der Waals surface area contributed by atoms with Gasteiger partial charge in [-0.25, -0.2) is 0 Å². The van der Waals surface area contributed by atoms with E-state index in [9.17, 15) is 4.79 Å². The highest BCUT2D eigenvalue weighted by molar-refractivity contribution is 5.92. The molecule has 0 bridgehead atoms. The van der Waals surface area contributed by atoms with Crippen LogP contribution in [0.4, 0.5) is 5.69 Å². The van der Waals surface area contributed by atoms with Gasteiger partial charge in [-0.15, -0.1) is 0 Å². The van der Waals surface area contributed by atoms with E-state index in [0.717, 1.165) is 37.4 Å². The van der Waals surface area contributed by atoms with Gasteiger partial charge in [-0.05, 0) is 69.3 Å². The number of hydrogen-bond acceptors (Lipinski definition) is 3. The quantitative estimate of drug-likeness (QED) is 0.405. The number of ether oxygens (including phenoxy) is 1. The highest BCUT2D eigenvalue weighted by atomic mass is 16.5. The van der Waals surface area contributed by atoms with Crippen LogP contribution in [-0.4, -0.2) is 25.6 Å². The second kappa shape index (κ2) is 12.5. The summed E-state index contributed by atoms with van der Waals surface area (Å²) in [5, 5.41) is 6.15. The van der Waals surface area contributed by atoms with Crippen LogP contribution < -0.4 is 15.4 Å². The number of hydrogen-bond donors (Lipinski definition) is 2. The van der Waals surface area contributed by atoms with Crippen LogP contribution in [0.25, 0.3) is 0 Å². The Morgan fingerprint density at radius 2 is 1.96 bits per heavy atom. The molecule has 2 N–H and O–H groups in total. The predicted octanol–water partition coefficient (Wildman–Crippen LogP) is 5.06. The monoisotopic (exact) mass is 358 g/mol. The van der Waals surface area contributed by atoms with Crippen LogP contribution in [0.2, 0.25) is 0 Å². The van der Waals surface area contributed by atoms with Crippen LogP contribution in [-0.2, 0) is 4.79 Å². The van der Waals surface area contributed by atoms with Gasteiger partial charge in [0.25, 0.3) is 0 Å². The molecule has 0 radical (unpaired) electrons. The summed E-state index contributed by atoms with van der Waals surface area (Å²) in [5.41, 5.74) is 2.35. The molecule has 0 spiro atoms. The van der Waals surface area contributed by atoms with E-state index in [2.05, 4.69) is 23.6 Å². The molecule has 1 amide bonds. The zero-order chi connectivity index (χ0) is 18.5. The van der Waals surface area contributed by atoms with Crippen molar-refractivity contribution < 1.29 is 9.53 Å². The fourth-order valence-corrected chi connectivity index (χ4v) is 3.14. The summed E-state index contributed by atoms with van der Waals surface area (Å²) in [6.45, 7) is 4.18. The SMILES string of the molecule is CCCCCCOc1ccc(NC(=O)CNCCC2=CCCCC2)cc1. The molecule has 0 saturated carbocycles. The third kappa shape index (κ3) is 8.52. The molecule has 4 heteroatoms. The summed E-state index contributed by atoms with van der Waals surface area (Å²) >= 11 is 0. The first kappa shape index (κ1) is 20.5. The Morgan fingerprint density at radius 1 is 1.12 bits per heavy atom. The number of rotatable bonds is 12. The van der Waals surface area contributed by atoms with Gasteiger partial charge in [0, 0.05) is 5.69 Å². The molecule has 1 aliphatic carbocycles. The second-order valence-corrected chi connectivity index (χ2v) is 7.02. The molecule has 2 rings (SSSR count). The number of unbranched alkanes of at least 4 members (excludes halogenated alkanes) is 3. The number of nitrogens with one attached hydrogen (secondary N) is 2. The van der Waals surface area contributed by atoms with E-state index in [0.29, 0.717) is 6.54 Å². The van der Waals surface area contributed by atoms with E-state index in [1.807, 2.05) is 24.3 Å². The van der Waals surface area contributed by atoms with E-state index in [1.165, 1.54) is 50.5 Å². The number of allylic oxidation sites excluding steroid dienone is 1. The maximum Gasteiger partial charge on any atom is 0.238 e. The van der Waals surface area contributed by atoms with E-state index in [4.69, 9.17) is 4.74 Å². The number of amides is 1. The Hall–Kier alpha value is -1.81. The van der Waals surface area contributed by atoms with Crippen LogP contribution in [0.15, 0.2) is 35.9 Å². The van der Waals surface area contributed by atoms with Crippen molar-refractivity contribution >= 4 is 11.6 Å². The molecule has 1 aromatic carbocycles. The van der Waals surface area contributed by atoms with Crippen LogP contribution in [0, 0.1) is 0 Å². The first-order valence-electron chi connectivity index (χ1n) is 10.2. The maximum absolute atomic E-state index is 12.0. The van der Waals surface area contributed by atoms with Crippen LogP contribution >= 0.6 is 0 Å². The Bertz CT molecular complexity index is 552. The summed E-state index contributed by atoms with van der Waals surface area (Å²) in [7, 11) is 0. The smallest absolute Gasteiger partial charge is 0.238 e. The van der Waals surface area contributed by atoms with Gasteiger partial charge >= 0.3 is 0 Å². The van der Waals surface area contributed by atoms with Gasteiger partial charge in [-0.2, -0.15) is 0 Å². The van der Waals surface area contributed by atoms with Crippen molar-refractivity contribution in [1.29, 1.82) is 0 Å². The summed E-state index contributed by atoms with van der Waals surface area (Å²) in [6.07, 6.45) is 13.3. The second-order valence-electron chi connectivity index (χ2n) is 7.02. The summed E-state index contributed by atoms with van der Waals surface area (Å²) in [6, 6.07) is 7.62. The van der Waals surface area contributed by atoms with Gasteiger partial charge in [0.1, 0.15) is 5.75 Å². The maximum atomic E-state index is 12.0. The van der Waals surface area contributed by atoms with E-state index in [1.54, 1.807) is 0 Å². The van der Waals surface area contributed by atoms with Crippen molar-refractivity contribution in [3.63, 3.8) is 0 Å². The zero-order valence-electron chi connectivity index (χ0n) is 16.2. The minimum atomic E-state index is -0.00384. The lowest BCUT2D eigenvalue weighted by atomic mass is 9.97.